The molecule has 6 heteroatoms. The van der Waals surface area contributed by atoms with Crippen molar-refractivity contribution in [2.75, 3.05) is 39.8 Å². The van der Waals surface area contributed by atoms with Crippen molar-refractivity contribution >= 4 is 11.9 Å². The minimum absolute atomic E-state index is 0.0308. The molecule has 0 aromatic heterocycles. The lowest BCUT2D eigenvalue weighted by atomic mass is 9.95. The molecular weight excluding hydrogens is 258 g/mol. The Hall–Kier alpha value is -1.14. The van der Waals surface area contributed by atoms with Gasteiger partial charge in [0.1, 0.15) is 0 Å². The summed E-state index contributed by atoms with van der Waals surface area (Å²) in [6.07, 6.45) is 4.36. The number of carbonyl (C=O) groups excluding carboxylic acids is 2. The monoisotopic (exact) mass is 285 g/mol. The molecule has 1 unspecified atom stereocenters. The zero-order valence-electron chi connectivity index (χ0n) is 12.4. The molecule has 20 heavy (non-hydrogen) atoms. The van der Waals surface area contributed by atoms with Gasteiger partial charge in [0.05, 0.1) is 13.7 Å². The van der Waals surface area contributed by atoms with Gasteiger partial charge in [0, 0.05) is 19.5 Å². The van der Waals surface area contributed by atoms with E-state index in [2.05, 4.69) is 15.0 Å². The summed E-state index contributed by atoms with van der Waals surface area (Å²) in [6.45, 7) is 3.63. The number of methoxy groups -OCH3 is 1. The average Bonchev–Trinajstić information content (AvgIpc) is 2.44. The van der Waals surface area contributed by atoms with Crippen LogP contribution in [0, 0.1) is 5.92 Å². The molecule has 1 aliphatic heterocycles. The first-order valence-electron chi connectivity index (χ1n) is 7.41. The number of nitrogens with one attached hydrogen (secondary N) is 1. The van der Waals surface area contributed by atoms with Crippen LogP contribution in [0.5, 0.6) is 0 Å². The van der Waals surface area contributed by atoms with Crippen molar-refractivity contribution < 1.29 is 14.3 Å². The normalized spacial score (nSPS) is 19.6. The van der Waals surface area contributed by atoms with Crippen molar-refractivity contribution in [3.05, 3.63) is 0 Å². The van der Waals surface area contributed by atoms with E-state index in [0.29, 0.717) is 31.8 Å². The van der Waals surface area contributed by atoms with E-state index >= 15 is 0 Å². The van der Waals surface area contributed by atoms with Crippen LogP contribution in [0.4, 0.5) is 0 Å². The molecule has 0 aliphatic carbocycles. The summed E-state index contributed by atoms with van der Waals surface area (Å²) < 4.78 is 4.54. The summed E-state index contributed by atoms with van der Waals surface area (Å²) in [4.78, 5) is 24.9. The second kappa shape index (κ2) is 9.72. The summed E-state index contributed by atoms with van der Waals surface area (Å²) in [7, 11) is 1.37. The van der Waals surface area contributed by atoms with Gasteiger partial charge in [-0.15, -0.1) is 0 Å². The molecule has 1 aliphatic rings. The highest BCUT2D eigenvalue weighted by molar-refractivity contribution is 5.78. The third-order valence-electron chi connectivity index (χ3n) is 3.65. The van der Waals surface area contributed by atoms with Gasteiger partial charge >= 0.3 is 5.97 Å². The molecule has 1 rings (SSSR count). The van der Waals surface area contributed by atoms with Crippen LogP contribution < -0.4 is 11.1 Å². The van der Waals surface area contributed by atoms with E-state index in [1.54, 1.807) is 0 Å². The second-order valence-corrected chi connectivity index (χ2v) is 5.35. The molecular formula is C14H27N3O3. The quantitative estimate of drug-likeness (QED) is 0.489. The Labute approximate surface area is 121 Å². The highest BCUT2D eigenvalue weighted by Gasteiger charge is 2.20. The molecule has 1 heterocycles. The van der Waals surface area contributed by atoms with Crippen LogP contribution in [0.2, 0.25) is 0 Å². The minimum atomic E-state index is -0.236. The number of esters is 1. The largest absolute Gasteiger partial charge is 0.469 e. The molecule has 0 spiro atoms. The first-order valence-corrected chi connectivity index (χ1v) is 7.41. The number of piperidine rings is 1. The van der Waals surface area contributed by atoms with E-state index in [0.717, 1.165) is 32.5 Å². The Kier molecular flexibility index (Phi) is 8.22. The third kappa shape index (κ3) is 6.86. The Morgan fingerprint density at radius 1 is 1.45 bits per heavy atom. The van der Waals surface area contributed by atoms with Crippen molar-refractivity contribution in [3.8, 4) is 0 Å². The fraction of sp³-hybridized carbons (Fsp3) is 0.857. The van der Waals surface area contributed by atoms with E-state index in [1.165, 1.54) is 13.5 Å². The van der Waals surface area contributed by atoms with E-state index in [4.69, 9.17) is 5.73 Å². The standard InChI is InChI=1S/C14H27N3O3/c1-20-14(19)5-2-8-16-13(18)11-17-9-3-4-12(10-17)6-7-15/h12H,2-11,15H2,1H3,(H,16,18). The molecule has 3 N–H and O–H groups in total. The van der Waals surface area contributed by atoms with Crippen LogP contribution in [-0.4, -0.2) is 56.6 Å². The van der Waals surface area contributed by atoms with Gasteiger partial charge in [-0.1, -0.05) is 0 Å². The van der Waals surface area contributed by atoms with E-state index in [-0.39, 0.29) is 11.9 Å². The molecule has 0 radical (unpaired) electrons. The molecule has 0 bridgehead atoms. The Morgan fingerprint density at radius 3 is 2.95 bits per heavy atom. The third-order valence-corrected chi connectivity index (χ3v) is 3.65. The molecule has 116 valence electrons. The van der Waals surface area contributed by atoms with Gasteiger partial charge < -0.3 is 15.8 Å². The van der Waals surface area contributed by atoms with Gasteiger partial charge in [0.25, 0.3) is 0 Å². The smallest absolute Gasteiger partial charge is 0.305 e. The SMILES string of the molecule is COC(=O)CCCNC(=O)CN1CCCC(CCN)C1. The minimum Gasteiger partial charge on any atom is -0.469 e. The van der Waals surface area contributed by atoms with Crippen LogP contribution in [0.25, 0.3) is 0 Å². The number of nitrogens with two attached hydrogens (primary N) is 1. The van der Waals surface area contributed by atoms with Crippen LogP contribution in [0.3, 0.4) is 0 Å². The molecule has 1 saturated heterocycles. The van der Waals surface area contributed by atoms with Crippen molar-refractivity contribution in [1.82, 2.24) is 10.2 Å². The number of likely N-dealkylation sites (tertiary alicyclic amines) is 1. The Morgan fingerprint density at radius 2 is 2.25 bits per heavy atom. The highest BCUT2D eigenvalue weighted by Crippen LogP contribution is 2.18. The molecule has 1 fully saturated rings. The van der Waals surface area contributed by atoms with Gasteiger partial charge in [-0.05, 0) is 44.7 Å². The first-order chi connectivity index (χ1) is 9.65. The van der Waals surface area contributed by atoms with E-state index in [9.17, 15) is 9.59 Å². The predicted molar refractivity (Wildman–Crippen MR) is 77.1 cm³/mol. The van der Waals surface area contributed by atoms with Crippen LogP contribution >= 0.6 is 0 Å². The van der Waals surface area contributed by atoms with Crippen LogP contribution in [-0.2, 0) is 14.3 Å². The van der Waals surface area contributed by atoms with E-state index in [1.807, 2.05) is 0 Å². The molecule has 0 saturated carbocycles. The van der Waals surface area contributed by atoms with Gasteiger partial charge in [-0.3, -0.25) is 14.5 Å². The Bertz CT molecular complexity index is 308. The fourth-order valence-electron chi connectivity index (χ4n) is 2.59. The number of hydrogen-bond acceptors (Lipinski definition) is 5. The lowest BCUT2D eigenvalue weighted by molar-refractivity contribution is -0.140. The summed E-state index contributed by atoms with van der Waals surface area (Å²) in [6, 6.07) is 0. The number of nitrogens with zero attached hydrogens (tertiary/aromatic N) is 1. The first kappa shape index (κ1) is 16.9. The predicted octanol–water partition coefficient (Wildman–Crippen LogP) is 0.117. The van der Waals surface area contributed by atoms with Crippen molar-refractivity contribution in [1.29, 1.82) is 0 Å². The second-order valence-electron chi connectivity index (χ2n) is 5.35. The zero-order chi connectivity index (χ0) is 14.8. The van der Waals surface area contributed by atoms with Gasteiger partial charge in [0.2, 0.25) is 5.91 Å². The van der Waals surface area contributed by atoms with Crippen molar-refractivity contribution in [3.63, 3.8) is 0 Å². The van der Waals surface area contributed by atoms with Crippen molar-refractivity contribution in [2.24, 2.45) is 11.7 Å². The maximum absolute atomic E-state index is 11.8. The summed E-state index contributed by atoms with van der Waals surface area (Å²) in [5, 5.41) is 2.84. The summed E-state index contributed by atoms with van der Waals surface area (Å²) in [5.41, 5.74) is 5.59. The van der Waals surface area contributed by atoms with Gasteiger partial charge in [0.15, 0.2) is 0 Å². The number of carbonyl (C=O) groups is 2. The number of ether oxygens (including phenoxy) is 1. The lowest BCUT2D eigenvalue weighted by Gasteiger charge is -2.32. The molecule has 0 aromatic rings. The maximum atomic E-state index is 11.8. The summed E-state index contributed by atoms with van der Waals surface area (Å²) in [5.74, 6) is 0.420. The highest BCUT2D eigenvalue weighted by atomic mass is 16.5. The molecule has 1 amide bonds. The molecule has 1 atom stereocenters. The molecule has 0 aromatic carbocycles. The zero-order valence-corrected chi connectivity index (χ0v) is 12.4. The number of amides is 1. The number of rotatable bonds is 8. The van der Waals surface area contributed by atoms with Gasteiger partial charge in [-0.2, -0.15) is 0 Å². The molecule has 6 nitrogen and oxygen atoms in total. The topological polar surface area (TPSA) is 84.7 Å². The lowest BCUT2D eigenvalue weighted by Crippen LogP contribution is -2.43. The number of hydrogen-bond donors (Lipinski definition) is 2. The van der Waals surface area contributed by atoms with Crippen LogP contribution in [0.15, 0.2) is 0 Å². The maximum Gasteiger partial charge on any atom is 0.305 e. The van der Waals surface area contributed by atoms with Gasteiger partial charge in [-0.25, -0.2) is 0 Å². The average molecular weight is 285 g/mol. The fourth-order valence-corrected chi connectivity index (χ4v) is 2.59. The van der Waals surface area contributed by atoms with Crippen molar-refractivity contribution in [2.45, 2.75) is 32.1 Å². The summed E-state index contributed by atoms with van der Waals surface area (Å²) >= 11 is 0. The van der Waals surface area contributed by atoms with Crippen LogP contribution in [0.1, 0.15) is 32.1 Å². The van der Waals surface area contributed by atoms with E-state index < -0.39 is 0 Å². The Balaban J connectivity index is 2.13.